The first kappa shape index (κ1) is 14.7. The lowest BCUT2D eigenvalue weighted by atomic mass is 10.0. The molecule has 1 heterocycles. The van der Waals surface area contributed by atoms with Crippen LogP contribution >= 0.6 is 0 Å². The molecule has 0 spiro atoms. The smallest absolute Gasteiger partial charge is 0.231 e. The van der Waals surface area contributed by atoms with Gasteiger partial charge >= 0.3 is 0 Å². The number of nitrogens with one attached hydrogen (secondary N) is 2. The molecule has 2 unspecified atom stereocenters. The molecule has 5 nitrogen and oxygen atoms in total. The molecular formula is C14H19FN2O3. The van der Waals surface area contributed by atoms with Crippen LogP contribution in [0.1, 0.15) is 6.92 Å². The predicted octanol–water partition coefficient (Wildman–Crippen LogP) is 1.40. The van der Waals surface area contributed by atoms with Gasteiger partial charge in [0, 0.05) is 17.8 Å². The largest absolute Gasteiger partial charge is 0.494 e. The van der Waals surface area contributed by atoms with Crippen LogP contribution in [0.5, 0.6) is 5.75 Å². The highest BCUT2D eigenvalue weighted by Crippen LogP contribution is 2.23. The average Bonchev–Trinajstić information content (AvgIpc) is 2.89. The van der Waals surface area contributed by atoms with E-state index < -0.39 is 5.82 Å². The van der Waals surface area contributed by atoms with Crippen molar-refractivity contribution in [3.8, 4) is 5.75 Å². The quantitative estimate of drug-likeness (QED) is 0.857. The summed E-state index contributed by atoms with van der Waals surface area (Å²) < 4.78 is 23.5. The van der Waals surface area contributed by atoms with Crippen LogP contribution in [0.4, 0.5) is 10.1 Å². The third-order valence-corrected chi connectivity index (χ3v) is 3.30. The number of benzene rings is 1. The zero-order valence-corrected chi connectivity index (χ0v) is 11.6. The highest BCUT2D eigenvalue weighted by atomic mass is 19.1. The number of anilines is 1. The van der Waals surface area contributed by atoms with Crippen LogP contribution in [0, 0.1) is 11.7 Å². The van der Waals surface area contributed by atoms with Crippen molar-refractivity contribution in [2.24, 2.45) is 5.92 Å². The van der Waals surface area contributed by atoms with Crippen LogP contribution in [0.25, 0.3) is 0 Å². The number of ether oxygens (including phenoxy) is 2. The lowest BCUT2D eigenvalue weighted by Crippen LogP contribution is -2.41. The Morgan fingerprint density at radius 1 is 1.50 bits per heavy atom. The second-order valence-electron chi connectivity index (χ2n) is 4.65. The van der Waals surface area contributed by atoms with Crippen molar-refractivity contribution >= 4 is 11.6 Å². The molecule has 2 N–H and O–H groups in total. The number of carbonyl (C=O) groups excluding carboxylic acids is 1. The molecule has 1 aromatic rings. The van der Waals surface area contributed by atoms with E-state index in [0.717, 1.165) is 6.54 Å². The molecule has 0 aromatic heterocycles. The summed E-state index contributed by atoms with van der Waals surface area (Å²) in [6, 6.07) is 4.25. The fourth-order valence-electron chi connectivity index (χ4n) is 2.25. The minimum absolute atomic E-state index is 0.0161. The van der Waals surface area contributed by atoms with E-state index in [0.29, 0.717) is 18.9 Å². The number of rotatable bonds is 5. The number of likely N-dealkylation sites (N-methyl/N-ethyl adjacent to an activating group) is 1. The summed E-state index contributed by atoms with van der Waals surface area (Å²) in [4.78, 5) is 12.2. The molecule has 0 radical (unpaired) electrons. The van der Waals surface area contributed by atoms with E-state index in [1.807, 2.05) is 6.92 Å². The highest BCUT2D eigenvalue weighted by Gasteiger charge is 2.33. The first-order chi connectivity index (χ1) is 9.65. The second kappa shape index (κ2) is 6.67. The fraction of sp³-hybridized carbons (Fsp3) is 0.500. The summed E-state index contributed by atoms with van der Waals surface area (Å²) >= 11 is 0. The molecule has 1 amide bonds. The van der Waals surface area contributed by atoms with Gasteiger partial charge in [0.25, 0.3) is 0 Å². The van der Waals surface area contributed by atoms with Gasteiger partial charge in [0.05, 0.1) is 26.2 Å². The maximum Gasteiger partial charge on any atom is 0.231 e. The molecule has 6 heteroatoms. The fourth-order valence-corrected chi connectivity index (χ4v) is 2.25. The van der Waals surface area contributed by atoms with Crippen LogP contribution in [-0.2, 0) is 9.53 Å². The Balaban J connectivity index is 2.04. The first-order valence-corrected chi connectivity index (χ1v) is 6.61. The van der Waals surface area contributed by atoms with Crippen molar-refractivity contribution in [2.45, 2.75) is 13.0 Å². The summed E-state index contributed by atoms with van der Waals surface area (Å²) in [6.07, 6.45) is 0. The van der Waals surface area contributed by atoms with Crippen molar-refractivity contribution in [2.75, 3.05) is 32.2 Å². The van der Waals surface area contributed by atoms with Gasteiger partial charge in [0.15, 0.2) is 11.6 Å². The SMILES string of the molecule is CCNC1COCC1C(=O)Nc1ccc(F)c(OC)c1. The maximum atomic E-state index is 13.3. The number of hydrogen-bond donors (Lipinski definition) is 2. The number of amides is 1. The molecule has 0 bridgehead atoms. The van der Waals surface area contributed by atoms with Crippen LogP contribution in [0.2, 0.25) is 0 Å². The topological polar surface area (TPSA) is 59.6 Å². The van der Waals surface area contributed by atoms with Gasteiger partial charge in [0.2, 0.25) is 5.91 Å². The normalized spacial score (nSPS) is 21.8. The molecule has 2 rings (SSSR count). The number of hydrogen-bond acceptors (Lipinski definition) is 4. The van der Waals surface area contributed by atoms with Gasteiger partial charge in [-0.1, -0.05) is 6.92 Å². The summed E-state index contributed by atoms with van der Waals surface area (Å²) in [5, 5.41) is 5.99. The van der Waals surface area contributed by atoms with Crippen molar-refractivity contribution < 1.29 is 18.7 Å². The summed E-state index contributed by atoms with van der Waals surface area (Å²) in [5.74, 6) is -0.734. The standard InChI is InChI=1S/C14H19FN2O3/c1-3-16-12-8-20-7-10(12)14(18)17-9-4-5-11(15)13(6-9)19-2/h4-6,10,12,16H,3,7-8H2,1-2H3,(H,17,18). The van der Waals surface area contributed by atoms with E-state index in [4.69, 9.17) is 9.47 Å². The molecule has 0 aliphatic carbocycles. The number of carbonyl (C=O) groups is 1. The number of methoxy groups -OCH3 is 1. The lowest BCUT2D eigenvalue weighted by molar-refractivity contribution is -0.120. The Kier molecular flexibility index (Phi) is 4.92. The van der Waals surface area contributed by atoms with Crippen LogP contribution < -0.4 is 15.4 Å². The van der Waals surface area contributed by atoms with Crippen molar-refractivity contribution in [1.29, 1.82) is 0 Å². The van der Waals surface area contributed by atoms with Crippen LogP contribution in [-0.4, -0.2) is 38.8 Å². The minimum atomic E-state index is -0.458. The van der Waals surface area contributed by atoms with E-state index in [1.54, 1.807) is 0 Å². The van der Waals surface area contributed by atoms with Gasteiger partial charge in [0.1, 0.15) is 0 Å². The third-order valence-electron chi connectivity index (χ3n) is 3.30. The first-order valence-electron chi connectivity index (χ1n) is 6.61. The van der Waals surface area contributed by atoms with Crippen molar-refractivity contribution in [1.82, 2.24) is 5.32 Å². The molecule has 2 atom stereocenters. The molecule has 1 aliphatic rings. The monoisotopic (exact) mass is 282 g/mol. The van der Waals surface area contributed by atoms with Gasteiger partial charge in [-0.25, -0.2) is 4.39 Å². The number of halogens is 1. The van der Waals surface area contributed by atoms with Crippen LogP contribution in [0.15, 0.2) is 18.2 Å². The van der Waals surface area contributed by atoms with Gasteiger partial charge in [-0.3, -0.25) is 4.79 Å². The Morgan fingerprint density at radius 3 is 3.00 bits per heavy atom. The third kappa shape index (κ3) is 3.26. The summed E-state index contributed by atoms with van der Waals surface area (Å²) in [5.41, 5.74) is 0.510. The average molecular weight is 282 g/mol. The Morgan fingerprint density at radius 2 is 2.30 bits per heavy atom. The van der Waals surface area contributed by atoms with Gasteiger partial charge in [-0.15, -0.1) is 0 Å². The zero-order valence-electron chi connectivity index (χ0n) is 11.6. The second-order valence-corrected chi connectivity index (χ2v) is 4.65. The minimum Gasteiger partial charge on any atom is -0.494 e. The van der Waals surface area contributed by atoms with E-state index in [1.165, 1.54) is 25.3 Å². The van der Waals surface area contributed by atoms with Crippen LogP contribution in [0.3, 0.4) is 0 Å². The molecular weight excluding hydrogens is 263 g/mol. The molecule has 0 saturated carbocycles. The van der Waals surface area contributed by atoms with Crippen molar-refractivity contribution in [3.63, 3.8) is 0 Å². The van der Waals surface area contributed by atoms with E-state index in [-0.39, 0.29) is 23.6 Å². The zero-order chi connectivity index (χ0) is 14.5. The van der Waals surface area contributed by atoms with E-state index in [2.05, 4.69) is 10.6 Å². The lowest BCUT2D eigenvalue weighted by Gasteiger charge is -2.18. The Hall–Kier alpha value is -1.66. The predicted molar refractivity (Wildman–Crippen MR) is 73.4 cm³/mol. The summed E-state index contributed by atoms with van der Waals surface area (Å²) in [6.45, 7) is 3.68. The van der Waals surface area contributed by atoms with Gasteiger partial charge < -0.3 is 20.1 Å². The van der Waals surface area contributed by atoms with Gasteiger partial charge in [-0.2, -0.15) is 0 Å². The molecule has 20 heavy (non-hydrogen) atoms. The maximum absolute atomic E-state index is 13.3. The Labute approximate surface area is 117 Å². The van der Waals surface area contributed by atoms with Crippen molar-refractivity contribution in [3.05, 3.63) is 24.0 Å². The molecule has 1 aliphatic heterocycles. The molecule has 1 aromatic carbocycles. The molecule has 1 saturated heterocycles. The summed E-state index contributed by atoms with van der Waals surface area (Å²) in [7, 11) is 1.38. The van der Waals surface area contributed by atoms with E-state index >= 15 is 0 Å². The molecule has 110 valence electrons. The molecule has 1 fully saturated rings. The van der Waals surface area contributed by atoms with Gasteiger partial charge in [-0.05, 0) is 18.7 Å². The Bertz CT molecular complexity index is 481. The highest BCUT2D eigenvalue weighted by molar-refractivity contribution is 5.93. The van der Waals surface area contributed by atoms with E-state index in [9.17, 15) is 9.18 Å².